The summed E-state index contributed by atoms with van der Waals surface area (Å²) < 4.78 is 0. The Bertz CT molecular complexity index is 628. The summed E-state index contributed by atoms with van der Waals surface area (Å²) in [6.07, 6.45) is 0. The van der Waals surface area contributed by atoms with Crippen LogP contribution in [0.5, 0.6) is 0 Å². The summed E-state index contributed by atoms with van der Waals surface area (Å²) >= 11 is 7.52. The van der Waals surface area contributed by atoms with Crippen LogP contribution < -0.4 is 0 Å². The second-order valence-corrected chi connectivity index (χ2v) is 4.85. The highest BCUT2D eigenvalue weighted by atomic mass is 35.5. The van der Waals surface area contributed by atoms with Crippen LogP contribution in [-0.2, 0) is 0 Å². The molecule has 0 aliphatic rings. The number of rotatable bonds is 1. The van der Waals surface area contributed by atoms with Gasteiger partial charge in [-0.1, -0.05) is 23.7 Å². The molecule has 0 aliphatic heterocycles. The molecule has 1 nitrogen and oxygen atoms in total. The summed E-state index contributed by atoms with van der Waals surface area (Å²) in [5, 5.41) is 4.01. The summed E-state index contributed by atoms with van der Waals surface area (Å²) in [7, 11) is 0. The summed E-state index contributed by atoms with van der Waals surface area (Å²) in [6.45, 7) is 0. The van der Waals surface area contributed by atoms with Gasteiger partial charge in [0.05, 0.1) is 5.69 Å². The predicted molar refractivity (Wildman–Crippen MR) is 70.1 cm³/mol. The van der Waals surface area contributed by atoms with Crippen molar-refractivity contribution in [2.24, 2.45) is 0 Å². The van der Waals surface area contributed by atoms with Crippen molar-refractivity contribution >= 4 is 33.2 Å². The summed E-state index contributed by atoms with van der Waals surface area (Å²) in [6, 6.07) is 14.0. The van der Waals surface area contributed by atoms with Gasteiger partial charge in [0.1, 0.15) is 4.83 Å². The lowest BCUT2D eigenvalue weighted by Gasteiger charge is -2.00. The lowest BCUT2D eigenvalue weighted by atomic mass is 10.1. The molecule has 0 unspecified atom stereocenters. The lowest BCUT2D eigenvalue weighted by Crippen LogP contribution is -1.81. The molecule has 0 aliphatic carbocycles. The van der Waals surface area contributed by atoms with Gasteiger partial charge in [-0.25, -0.2) is 4.98 Å². The van der Waals surface area contributed by atoms with Crippen molar-refractivity contribution in [2.45, 2.75) is 0 Å². The van der Waals surface area contributed by atoms with Gasteiger partial charge in [-0.15, -0.1) is 11.3 Å². The Kier molecular flexibility index (Phi) is 2.39. The van der Waals surface area contributed by atoms with Gasteiger partial charge in [0.2, 0.25) is 0 Å². The quantitative estimate of drug-likeness (QED) is 0.610. The van der Waals surface area contributed by atoms with E-state index in [1.165, 1.54) is 5.39 Å². The van der Waals surface area contributed by atoms with E-state index in [1.54, 1.807) is 11.3 Å². The fourth-order valence-electron chi connectivity index (χ4n) is 1.63. The first-order chi connectivity index (χ1) is 7.83. The third-order valence-electron chi connectivity index (χ3n) is 2.46. The van der Waals surface area contributed by atoms with Crippen molar-refractivity contribution in [3.8, 4) is 11.3 Å². The van der Waals surface area contributed by atoms with Crippen LogP contribution in [0.4, 0.5) is 0 Å². The van der Waals surface area contributed by atoms with Crippen molar-refractivity contribution in [1.29, 1.82) is 0 Å². The first-order valence-corrected chi connectivity index (χ1v) is 6.19. The highest BCUT2D eigenvalue weighted by Crippen LogP contribution is 2.24. The molecule has 0 bridgehead atoms. The van der Waals surface area contributed by atoms with Crippen molar-refractivity contribution < 1.29 is 0 Å². The van der Waals surface area contributed by atoms with E-state index < -0.39 is 0 Å². The fraction of sp³-hybridized carbons (Fsp3) is 0. The van der Waals surface area contributed by atoms with E-state index in [1.807, 2.05) is 30.3 Å². The zero-order valence-electron chi connectivity index (χ0n) is 8.35. The molecular weight excluding hydrogens is 238 g/mol. The average molecular weight is 246 g/mol. The molecule has 0 N–H and O–H groups in total. The van der Waals surface area contributed by atoms with Gasteiger partial charge in [-0.05, 0) is 35.7 Å². The van der Waals surface area contributed by atoms with E-state index in [4.69, 9.17) is 11.6 Å². The molecule has 3 aromatic rings. The number of pyridine rings is 1. The fourth-order valence-corrected chi connectivity index (χ4v) is 2.52. The Morgan fingerprint density at radius 3 is 2.56 bits per heavy atom. The molecule has 3 heteroatoms. The smallest absolute Gasteiger partial charge is 0.123 e. The maximum atomic E-state index is 5.86. The molecule has 2 aromatic heterocycles. The number of aromatic nitrogens is 1. The van der Waals surface area contributed by atoms with Crippen molar-refractivity contribution in [1.82, 2.24) is 4.98 Å². The van der Waals surface area contributed by atoms with Gasteiger partial charge < -0.3 is 0 Å². The highest BCUT2D eigenvalue weighted by molar-refractivity contribution is 7.16. The molecule has 2 heterocycles. The number of benzene rings is 1. The van der Waals surface area contributed by atoms with Crippen LogP contribution in [0.25, 0.3) is 21.5 Å². The lowest BCUT2D eigenvalue weighted by molar-refractivity contribution is 1.43. The second kappa shape index (κ2) is 3.89. The van der Waals surface area contributed by atoms with Gasteiger partial charge in [0.25, 0.3) is 0 Å². The van der Waals surface area contributed by atoms with Crippen molar-refractivity contribution in [2.75, 3.05) is 0 Å². The molecular formula is C13H8ClNS. The number of fused-ring (bicyclic) bond motifs is 1. The van der Waals surface area contributed by atoms with Gasteiger partial charge in [-0.2, -0.15) is 0 Å². The number of hydrogen-bond donors (Lipinski definition) is 0. The van der Waals surface area contributed by atoms with Gasteiger partial charge in [0.15, 0.2) is 0 Å². The molecule has 0 spiro atoms. The minimum absolute atomic E-state index is 0.751. The molecule has 1 aromatic carbocycles. The Morgan fingerprint density at radius 1 is 0.938 bits per heavy atom. The Morgan fingerprint density at radius 2 is 1.75 bits per heavy atom. The number of hydrogen-bond acceptors (Lipinski definition) is 2. The zero-order valence-corrected chi connectivity index (χ0v) is 9.92. The van der Waals surface area contributed by atoms with Crippen LogP contribution >= 0.6 is 22.9 Å². The van der Waals surface area contributed by atoms with Gasteiger partial charge in [0, 0.05) is 16.0 Å². The zero-order chi connectivity index (χ0) is 11.0. The van der Waals surface area contributed by atoms with E-state index in [9.17, 15) is 0 Å². The van der Waals surface area contributed by atoms with E-state index in [-0.39, 0.29) is 0 Å². The van der Waals surface area contributed by atoms with E-state index >= 15 is 0 Å². The first kappa shape index (κ1) is 9.82. The Hall–Kier alpha value is -1.38. The molecule has 0 atom stereocenters. The number of nitrogens with zero attached hydrogens (tertiary/aromatic N) is 1. The monoisotopic (exact) mass is 245 g/mol. The van der Waals surface area contributed by atoms with E-state index in [0.717, 1.165) is 21.1 Å². The van der Waals surface area contributed by atoms with Crippen LogP contribution in [0.3, 0.4) is 0 Å². The van der Waals surface area contributed by atoms with Crippen molar-refractivity contribution in [3.05, 3.63) is 52.9 Å². The topological polar surface area (TPSA) is 12.9 Å². The standard InChI is InChI=1S/C13H8ClNS/c14-11-4-1-9(2-5-11)12-6-3-10-7-8-16-13(10)15-12/h1-8H. The largest absolute Gasteiger partial charge is 0.237 e. The van der Waals surface area contributed by atoms with E-state index in [0.29, 0.717) is 0 Å². The predicted octanol–water partition coefficient (Wildman–Crippen LogP) is 4.62. The molecule has 78 valence electrons. The van der Waals surface area contributed by atoms with E-state index in [2.05, 4.69) is 22.5 Å². The normalized spacial score (nSPS) is 10.8. The third-order valence-corrected chi connectivity index (χ3v) is 3.53. The number of halogens is 1. The van der Waals surface area contributed by atoms with Gasteiger partial charge >= 0.3 is 0 Å². The van der Waals surface area contributed by atoms with Gasteiger partial charge in [-0.3, -0.25) is 0 Å². The molecule has 3 rings (SSSR count). The van der Waals surface area contributed by atoms with Crippen LogP contribution in [0, 0.1) is 0 Å². The maximum Gasteiger partial charge on any atom is 0.123 e. The minimum atomic E-state index is 0.751. The summed E-state index contributed by atoms with van der Waals surface area (Å²) in [5.41, 5.74) is 2.09. The highest BCUT2D eigenvalue weighted by Gasteiger charge is 2.01. The molecule has 0 saturated carbocycles. The van der Waals surface area contributed by atoms with Crippen LogP contribution in [0.15, 0.2) is 47.8 Å². The third kappa shape index (κ3) is 1.70. The average Bonchev–Trinajstić information content (AvgIpc) is 2.77. The van der Waals surface area contributed by atoms with Crippen molar-refractivity contribution in [3.63, 3.8) is 0 Å². The minimum Gasteiger partial charge on any atom is -0.237 e. The molecule has 0 radical (unpaired) electrons. The molecule has 0 amide bonds. The maximum absolute atomic E-state index is 5.86. The summed E-state index contributed by atoms with van der Waals surface area (Å²) in [4.78, 5) is 5.69. The summed E-state index contributed by atoms with van der Waals surface area (Å²) in [5.74, 6) is 0. The Balaban J connectivity index is 2.14. The molecule has 0 saturated heterocycles. The SMILES string of the molecule is Clc1ccc(-c2ccc3ccsc3n2)cc1. The number of thiophene rings is 1. The molecule has 16 heavy (non-hydrogen) atoms. The first-order valence-electron chi connectivity index (χ1n) is 4.93. The molecule has 0 fully saturated rings. The van der Waals surface area contributed by atoms with Crippen LogP contribution in [0.2, 0.25) is 5.02 Å². The Labute approximate surface area is 102 Å². The second-order valence-electron chi connectivity index (χ2n) is 3.52. The van der Waals surface area contributed by atoms with Crippen LogP contribution in [-0.4, -0.2) is 4.98 Å². The van der Waals surface area contributed by atoms with Crippen LogP contribution in [0.1, 0.15) is 0 Å².